The topological polar surface area (TPSA) is 102 Å². The fourth-order valence-electron chi connectivity index (χ4n) is 3.62. The second-order valence-electron chi connectivity index (χ2n) is 6.79. The fraction of sp³-hybridized carbons (Fsp3) is 0.588. The first-order valence-electron chi connectivity index (χ1n) is 8.64. The molecule has 1 fully saturated rings. The van der Waals surface area contributed by atoms with Gasteiger partial charge in [0.15, 0.2) is 5.82 Å². The van der Waals surface area contributed by atoms with E-state index in [-0.39, 0.29) is 24.8 Å². The Morgan fingerprint density at radius 3 is 2.81 bits per heavy atom. The van der Waals surface area contributed by atoms with E-state index in [4.69, 9.17) is 10.5 Å². The van der Waals surface area contributed by atoms with Gasteiger partial charge in [-0.05, 0) is 37.7 Å². The third kappa shape index (κ3) is 4.28. The van der Waals surface area contributed by atoms with Crippen molar-refractivity contribution in [2.45, 2.75) is 57.2 Å². The van der Waals surface area contributed by atoms with Crippen LogP contribution >= 0.6 is 24.8 Å². The molecule has 4 N–H and O–H groups in total. The molecular weight excluding hydrogens is 375 g/mol. The minimum absolute atomic E-state index is 0. The van der Waals surface area contributed by atoms with Crippen molar-refractivity contribution in [1.82, 2.24) is 20.2 Å². The summed E-state index contributed by atoms with van der Waals surface area (Å²) in [7, 11) is 1.66. The smallest absolute Gasteiger partial charge is 0.156 e. The Morgan fingerprint density at radius 2 is 2.08 bits per heavy atom. The number of hydrogen-bond donors (Lipinski definition) is 3. The summed E-state index contributed by atoms with van der Waals surface area (Å²) in [5, 5.41) is 11.0. The number of hydrogen-bond acceptors (Lipinski definition) is 6. The van der Waals surface area contributed by atoms with Gasteiger partial charge >= 0.3 is 0 Å². The average molecular weight is 401 g/mol. The fourth-order valence-corrected chi connectivity index (χ4v) is 3.62. The highest BCUT2D eigenvalue weighted by molar-refractivity contribution is 5.85. The third-order valence-electron chi connectivity index (χ3n) is 4.99. The molecule has 4 rings (SSSR count). The number of nitrogens with zero attached hydrogens (tertiary/aromatic N) is 3. The van der Waals surface area contributed by atoms with Gasteiger partial charge in [0.1, 0.15) is 12.4 Å². The van der Waals surface area contributed by atoms with Crippen molar-refractivity contribution in [3.8, 4) is 0 Å². The number of rotatable bonds is 6. The number of ether oxygens (including phenoxy) is 1. The Morgan fingerprint density at radius 1 is 1.27 bits per heavy atom. The lowest BCUT2D eigenvalue weighted by atomic mass is 9.78. The molecule has 2 aliphatic rings. The summed E-state index contributed by atoms with van der Waals surface area (Å²) in [5.74, 6) is 1.99. The van der Waals surface area contributed by atoms with E-state index in [1.165, 1.54) is 17.7 Å². The molecule has 0 saturated heterocycles. The molecular formula is C17H26Cl2N6O. The molecule has 0 amide bonds. The Balaban J connectivity index is 0.00000121. The van der Waals surface area contributed by atoms with Gasteiger partial charge in [0.2, 0.25) is 0 Å². The maximum absolute atomic E-state index is 5.92. The van der Waals surface area contributed by atoms with E-state index < -0.39 is 0 Å². The SMILES string of the molecule is COCc1nc(NCc2n[nH]c3c2CCC3)cc(C2CC(N)C2)n1.Cl.Cl. The highest BCUT2D eigenvalue weighted by Crippen LogP contribution is 2.35. The zero-order valence-electron chi connectivity index (χ0n) is 14.8. The third-order valence-corrected chi connectivity index (χ3v) is 4.99. The lowest BCUT2D eigenvalue weighted by molar-refractivity contribution is 0.177. The normalized spacial score (nSPS) is 20.5. The predicted molar refractivity (Wildman–Crippen MR) is 105 cm³/mol. The monoisotopic (exact) mass is 400 g/mol. The van der Waals surface area contributed by atoms with Gasteiger partial charge in [-0.25, -0.2) is 9.97 Å². The highest BCUT2D eigenvalue weighted by atomic mass is 35.5. The van der Waals surface area contributed by atoms with Crippen LogP contribution in [-0.2, 0) is 30.7 Å². The molecule has 2 aromatic heterocycles. The van der Waals surface area contributed by atoms with Crippen LogP contribution in [0.3, 0.4) is 0 Å². The van der Waals surface area contributed by atoms with Gasteiger partial charge in [-0.3, -0.25) is 5.10 Å². The molecule has 0 unspecified atom stereocenters. The number of H-pyrrole nitrogens is 1. The van der Waals surface area contributed by atoms with E-state index in [1.807, 2.05) is 6.07 Å². The van der Waals surface area contributed by atoms with Crippen LogP contribution in [0.4, 0.5) is 5.82 Å². The van der Waals surface area contributed by atoms with E-state index in [0.717, 1.165) is 42.9 Å². The molecule has 0 atom stereocenters. The van der Waals surface area contributed by atoms with Crippen molar-refractivity contribution >= 4 is 30.6 Å². The van der Waals surface area contributed by atoms with E-state index >= 15 is 0 Å². The number of anilines is 1. The Bertz CT molecular complexity index is 732. The largest absolute Gasteiger partial charge is 0.377 e. The van der Waals surface area contributed by atoms with Crippen LogP contribution in [0.5, 0.6) is 0 Å². The highest BCUT2D eigenvalue weighted by Gasteiger charge is 2.29. The molecule has 2 aromatic rings. The van der Waals surface area contributed by atoms with Crippen molar-refractivity contribution in [3.63, 3.8) is 0 Å². The zero-order chi connectivity index (χ0) is 16.5. The van der Waals surface area contributed by atoms with Gasteiger partial charge < -0.3 is 15.8 Å². The molecule has 0 aromatic carbocycles. The number of nitrogens with one attached hydrogen (secondary N) is 2. The number of aromatic amines is 1. The summed E-state index contributed by atoms with van der Waals surface area (Å²) in [4.78, 5) is 9.19. The lowest BCUT2D eigenvalue weighted by Crippen LogP contribution is -2.35. The molecule has 26 heavy (non-hydrogen) atoms. The molecule has 2 heterocycles. The van der Waals surface area contributed by atoms with Crippen LogP contribution in [0, 0.1) is 0 Å². The zero-order valence-corrected chi connectivity index (χ0v) is 16.5. The number of aryl methyl sites for hydroxylation is 1. The van der Waals surface area contributed by atoms with Crippen molar-refractivity contribution in [3.05, 3.63) is 34.5 Å². The van der Waals surface area contributed by atoms with Crippen LogP contribution in [0.25, 0.3) is 0 Å². The van der Waals surface area contributed by atoms with Crippen molar-refractivity contribution < 1.29 is 4.74 Å². The molecule has 9 heteroatoms. The van der Waals surface area contributed by atoms with Gasteiger partial charge in [-0.2, -0.15) is 5.10 Å². The van der Waals surface area contributed by atoms with E-state index in [0.29, 0.717) is 30.9 Å². The van der Waals surface area contributed by atoms with Gasteiger partial charge in [0, 0.05) is 36.5 Å². The number of nitrogens with two attached hydrogens (primary N) is 1. The van der Waals surface area contributed by atoms with Crippen LogP contribution in [0.2, 0.25) is 0 Å². The maximum Gasteiger partial charge on any atom is 0.156 e. The first-order chi connectivity index (χ1) is 11.7. The van der Waals surface area contributed by atoms with Crippen LogP contribution in [-0.4, -0.2) is 33.3 Å². The summed E-state index contributed by atoms with van der Waals surface area (Å²) in [6.45, 7) is 1.10. The molecule has 0 aliphatic heterocycles. The minimum Gasteiger partial charge on any atom is -0.377 e. The predicted octanol–water partition coefficient (Wildman–Crippen LogP) is 2.50. The molecule has 144 valence electrons. The molecule has 7 nitrogen and oxygen atoms in total. The van der Waals surface area contributed by atoms with Crippen LogP contribution in [0.15, 0.2) is 6.07 Å². The summed E-state index contributed by atoms with van der Waals surface area (Å²) >= 11 is 0. The first-order valence-corrected chi connectivity index (χ1v) is 8.64. The quantitative estimate of drug-likeness (QED) is 0.688. The molecule has 0 bridgehead atoms. The summed E-state index contributed by atoms with van der Waals surface area (Å²) in [6, 6.07) is 2.35. The van der Waals surface area contributed by atoms with Gasteiger partial charge in [-0.15, -0.1) is 24.8 Å². The maximum atomic E-state index is 5.92. The standard InChI is InChI=1S/C17H24N6O.2ClH/c1-24-9-17-20-14(10-5-11(18)6-10)7-16(21-17)19-8-15-12-3-2-4-13(12)22-23-15;;/h7,10-11H,2-6,8-9,18H2,1H3,(H,22,23)(H,19,20,21);2*1H. The van der Waals surface area contributed by atoms with Crippen molar-refractivity contribution in [2.75, 3.05) is 12.4 Å². The summed E-state index contributed by atoms with van der Waals surface area (Å²) in [6.07, 6.45) is 5.44. The molecule has 1 saturated carbocycles. The minimum atomic E-state index is 0. The Hall–Kier alpha value is -1.41. The van der Waals surface area contributed by atoms with Crippen molar-refractivity contribution in [1.29, 1.82) is 0 Å². The van der Waals surface area contributed by atoms with Gasteiger partial charge in [0.05, 0.1) is 12.2 Å². The molecule has 0 spiro atoms. The number of halogens is 2. The van der Waals surface area contributed by atoms with E-state index in [9.17, 15) is 0 Å². The lowest BCUT2D eigenvalue weighted by Gasteiger charge is -2.32. The van der Waals surface area contributed by atoms with Gasteiger partial charge in [-0.1, -0.05) is 0 Å². The van der Waals surface area contributed by atoms with Crippen molar-refractivity contribution in [2.24, 2.45) is 5.73 Å². The summed E-state index contributed by atoms with van der Waals surface area (Å²) in [5.41, 5.74) is 10.7. The molecule has 2 aliphatic carbocycles. The van der Waals surface area contributed by atoms with E-state index in [2.05, 4.69) is 25.5 Å². The van der Waals surface area contributed by atoms with Crippen LogP contribution < -0.4 is 11.1 Å². The Labute approximate surface area is 165 Å². The second-order valence-corrected chi connectivity index (χ2v) is 6.79. The van der Waals surface area contributed by atoms with Gasteiger partial charge in [0.25, 0.3) is 0 Å². The Kier molecular flexibility index (Phi) is 7.23. The average Bonchev–Trinajstić information content (AvgIpc) is 3.14. The number of fused-ring (bicyclic) bond motifs is 1. The molecule has 0 radical (unpaired) electrons. The number of aromatic nitrogens is 4. The summed E-state index contributed by atoms with van der Waals surface area (Å²) < 4.78 is 5.21. The van der Waals surface area contributed by atoms with E-state index in [1.54, 1.807) is 7.11 Å². The van der Waals surface area contributed by atoms with Crippen LogP contribution in [0.1, 0.15) is 53.7 Å². The number of methoxy groups -OCH3 is 1. The first kappa shape index (κ1) is 20.9. The second kappa shape index (κ2) is 8.99.